The minimum Gasteiger partial charge on any atom is -0.310 e. The summed E-state index contributed by atoms with van der Waals surface area (Å²) < 4.78 is 15.6. The molecule has 0 aliphatic heterocycles. The van der Waals surface area contributed by atoms with Gasteiger partial charge in [-0.15, -0.1) is 0 Å². The molecule has 0 radical (unpaired) electrons. The first-order chi connectivity index (χ1) is 8.74. The lowest BCUT2D eigenvalue weighted by molar-refractivity contribution is 0.600. The van der Waals surface area contributed by atoms with Gasteiger partial charge in [0.25, 0.3) is 0 Å². The predicted molar refractivity (Wildman–Crippen MR) is 68.1 cm³/mol. The van der Waals surface area contributed by atoms with Gasteiger partial charge >= 0.3 is 0 Å². The number of aryl methyl sites for hydroxylation is 1. The van der Waals surface area contributed by atoms with Crippen molar-refractivity contribution in [3.63, 3.8) is 0 Å². The Morgan fingerprint density at radius 1 is 1.44 bits per heavy atom. The molecule has 94 valence electrons. The van der Waals surface area contributed by atoms with Crippen molar-refractivity contribution in [1.82, 2.24) is 15.1 Å². The fourth-order valence-corrected chi connectivity index (χ4v) is 2.04. The van der Waals surface area contributed by atoms with Crippen molar-refractivity contribution >= 4 is 0 Å². The largest absolute Gasteiger partial charge is 0.310 e. The van der Waals surface area contributed by atoms with Crippen LogP contribution >= 0.6 is 0 Å². The van der Waals surface area contributed by atoms with Crippen molar-refractivity contribution in [1.29, 1.82) is 0 Å². The fourth-order valence-electron chi connectivity index (χ4n) is 2.04. The number of nitrogens with zero attached hydrogens (tertiary/aromatic N) is 2. The van der Waals surface area contributed by atoms with E-state index < -0.39 is 0 Å². The highest BCUT2D eigenvalue weighted by molar-refractivity contribution is 5.42. The highest BCUT2D eigenvalue weighted by Gasteiger charge is 2.21. The van der Waals surface area contributed by atoms with Crippen molar-refractivity contribution in [3.05, 3.63) is 47.5 Å². The number of rotatable bonds is 4. The molecule has 1 saturated carbocycles. The SMILES string of the molecule is Cc1cnn(-c2c(F)cccc2CNC2CC2)c1. The van der Waals surface area contributed by atoms with Gasteiger partial charge in [-0.3, -0.25) is 0 Å². The van der Waals surface area contributed by atoms with Crippen LogP contribution in [0.25, 0.3) is 5.69 Å². The summed E-state index contributed by atoms with van der Waals surface area (Å²) in [6, 6.07) is 5.79. The van der Waals surface area contributed by atoms with E-state index >= 15 is 0 Å². The van der Waals surface area contributed by atoms with Crippen LogP contribution in [0.4, 0.5) is 4.39 Å². The molecule has 0 unspecified atom stereocenters. The van der Waals surface area contributed by atoms with Gasteiger partial charge in [0.15, 0.2) is 0 Å². The number of aromatic nitrogens is 2. The molecule has 3 rings (SSSR count). The molecule has 0 atom stereocenters. The molecule has 1 aliphatic rings. The molecule has 2 aromatic rings. The van der Waals surface area contributed by atoms with E-state index in [4.69, 9.17) is 0 Å². The lowest BCUT2D eigenvalue weighted by Crippen LogP contribution is -2.17. The fraction of sp³-hybridized carbons (Fsp3) is 0.357. The lowest BCUT2D eigenvalue weighted by Gasteiger charge is -2.11. The third-order valence-electron chi connectivity index (χ3n) is 3.17. The second kappa shape index (κ2) is 4.53. The first kappa shape index (κ1) is 11.4. The van der Waals surface area contributed by atoms with E-state index in [2.05, 4.69) is 10.4 Å². The van der Waals surface area contributed by atoms with E-state index in [9.17, 15) is 4.39 Å². The van der Waals surface area contributed by atoms with Crippen molar-refractivity contribution in [2.45, 2.75) is 32.4 Å². The number of hydrogen-bond acceptors (Lipinski definition) is 2. The first-order valence-corrected chi connectivity index (χ1v) is 6.26. The van der Waals surface area contributed by atoms with Gasteiger partial charge in [-0.25, -0.2) is 9.07 Å². The van der Waals surface area contributed by atoms with Crippen LogP contribution in [0.2, 0.25) is 0 Å². The lowest BCUT2D eigenvalue weighted by atomic mass is 10.1. The zero-order chi connectivity index (χ0) is 12.5. The van der Waals surface area contributed by atoms with Crippen LogP contribution in [-0.4, -0.2) is 15.8 Å². The zero-order valence-electron chi connectivity index (χ0n) is 10.4. The van der Waals surface area contributed by atoms with E-state index in [1.807, 2.05) is 19.2 Å². The monoisotopic (exact) mass is 245 g/mol. The Morgan fingerprint density at radius 2 is 2.28 bits per heavy atom. The Labute approximate surface area is 106 Å². The second-order valence-electron chi connectivity index (χ2n) is 4.86. The quantitative estimate of drug-likeness (QED) is 0.897. The van der Waals surface area contributed by atoms with Crippen LogP contribution in [-0.2, 0) is 6.54 Å². The molecule has 1 fully saturated rings. The zero-order valence-corrected chi connectivity index (χ0v) is 10.4. The Kier molecular flexibility index (Phi) is 2.88. The average Bonchev–Trinajstić information content (AvgIpc) is 3.09. The molecule has 18 heavy (non-hydrogen) atoms. The van der Waals surface area contributed by atoms with Gasteiger partial charge in [0.2, 0.25) is 0 Å². The molecule has 0 spiro atoms. The number of hydrogen-bond donors (Lipinski definition) is 1. The molecule has 0 bridgehead atoms. The molecule has 3 nitrogen and oxygen atoms in total. The highest BCUT2D eigenvalue weighted by Crippen LogP contribution is 2.22. The molecule has 1 heterocycles. The van der Waals surface area contributed by atoms with Crippen LogP contribution < -0.4 is 5.32 Å². The maximum Gasteiger partial charge on any atom is 0.149 e. The number of nitrogens with one attached hydrogen (secondary N) is 1. The summed E-state index contributed by atoms with van der Waals surface area (Å²) in [5.41, 5.74) is 2.53. The van der Waals surface area contributed by atoms with Crippen molar-refractivity contribution in [2.24, 2.45) is 0 Å². The summed E-state index contributed by atoms with van der Waals surface area (Å²) in [7, 11) is 0. The molecular formula is C14H16FN3. The molecule has 1 aromatic heterocycles. The van der Waals surface area contributed by atoms with Crippen LogP contribution in [0.1, 0.15) is 24.0 Å². The first-order valence-electron chi connectivity index (χ1n) is 6.26. The minimum absolute atomic E-state index is 0.229. The summed E-state index contributed by atoms with van der Waals surface area (Å²) in [6.45, 7) is 2.64. The standard InChI is InChI=1S/C14H16FN3/c1-10-7-17-18(9-10)14-11(3-2-4-13(14)15)8-16-12-5-6-12/h2-4,7,9,12,16H,5-6,8H2,1H3. The predicted octanol–water partition coefficient (Wildman–Crippen LogP) is 2.57. The third-order valence-corrected chi connectivity index (χ3v) is 3.17. The van der Waals surface area contributed by atoms with Gasteiger partial charge in [-0.05, 0) is 37.0 Å². The second-order valence-corrected chi connectivity index (χ2v) is 4.86. The summed E-state index contributed by atoms with van der Waals surface area (Å²) in [5.74, 6) is -0.229. The van der Waals surface area contributed by atoms with Gasteiger partial charge in [-0.1, -0.05) is 12.1 Å². The van der Waals surface area contributed by atoms with E-state index in [0.717, 1.165) is 11.1 Å². The maximum absolute atomic E-state index is 14.0. The van der Waals surface area contributed by atoms with Crippen molar-refractivity contribution < 1.29 is 4.39 Å². The summed E-state index contributed by atoms with van der Waals surface area (Å²) in [4.78, 5) is 0. The molecule has 0 saturated heterocycles. The summed E-state index contributed by atoms with van der Waals surface area (Å²) >= 11 is 0. The number of halogens is 1. The Bertz CT molecular complexity index is 558. The molecular weight excluding hydrogens is 229 g/mol. The molecule has 1 aliphatic carbocycles. The van der Waals surface area contributed by atoms with Crippen LogP contribution in [0.15, 0.2) is 30.6 Å². The van der Waals surface area contributed by atoms with Gasteiger partial charge in [-0.2, -0.15) is 5.10 Å². The van der Waals surface area contributed by atoms with E-state index in [-0.39, 0.29) is 5.82 Å². The smallest absolute Gasteiger partial charge is 0.149 e. The number of benzene rings is 1. The summed E-state index contributed by atoms with van der Waals surface area (Å²) in [5, 5.41) is 7.61. The van der Waals surface area contributed by atoms with Gasteiger partial charge < -0.3 is 5.32 Å². The molecule has 4 heteroatoms. The van der Waals surface area contributed by atoms with Gasteiger partial charge in [0.05, 0.1) is 6.20 Å². The van der Waals surface area contributed by atoms with Gasteiger partial charge in [0, 0.05) is 18.8 Å². The normalized spacial score (nSPS) is 15.0. The topological polar surface area (TPSA) is 29.9 Å². The van der Waals surface area contributed by atoms with Gasteiger partial charge in [0.1, 0.15) is 11.5 Å². The van der Waals surface area contributed by atoms with Crippen molar-refractivity contribution in [2.75, 3.05) is 0 Å². The van der Waals surface area contributed by atoms with E-state index in [0.29, 0.717) is 18.3 Å². The molecule has 0 amide bonds. The number of para-hydroxylation sites is 1. The van der Waals surface area contributed by atoms with Crippen LogP contribution in [0.3, 0.4) is 0 Å². The van der Waals surface area contributed by atoms with Crippen LogP contribution in [0.5, 0.6) is 0 Å². The third kappa shape index (κ3) is 2.29. The average molecular weight is 245 g/mol. The minimum atomic E-state index is -0.229. The Balaban J connectivity index is 1.94. The molecule has 1 N–H and O–H groups in total. The van der Waals surface area contributed by atoms with Crippen molar-refractivity contribution in [3.8, 4) is 5.69 Å². The Hall–Kier alpha value is -1.68. The highest BCUT2D eigenvalue weighted by atomic mass is 19.1. The van der Waals surface area contributed by atoms with E-state index in [1.165, 1.54) is 18.9 Å². The van der Waals surface area contributed by atoms with E-state index in [1.54, 1.807) is 16.9 Å². The Morgan fingerprint density at radius 3 is 2.94 bits per heavy atom. The summed E-state index contributed by atoms with van der Waals surface area (Å²) in [6.07, 6.45) is 6.04. The molecule has 1 aromatic carbocycles. The maximum atomic E-state index is 14.0. The van der Waals surface area contributed by atoms with Crippen LogP contribution in [0, 0.1) is 12.7 Å².